The summed E-state index contributed by atoms with van der Waals surface area (Å²) < 4.78 is 39.2. The highest BCUT2D eigenvalue weighted by atomic mass is 35.5. The average molecular weight is 462 g/mol. The normalized spacial score (nSPS) is 11.5. The molecule has 1 N–H and O–H groups in total. The Kier molecular flexibility index (Phi) is 6.30. The molecular weight excluding hydrogens is 450 g/mol. The van der Waals surface area contributed by atoms with Crippen LogP contribution in [0.25, 0.3) is 0 Å². The molecule has 0 fully saturated rings. The quantitative estimate of drug-likeness (QED) is 0.589. The highest BCUT2D eigenvalue weighted by molar-refractivity contribution is 7.15. The van der Waals surface area contributed by atoms with E-state index in [4.69, 9.17) is 23.2 Å². The lowest BCUT2D eigenvalue weighted by molar-refractivity contribution is -0.138. The first kappa shape index (κ1) is 21.4. The largest absolute Gasteiger partial charge is 0.417 e. The number of aromatic nitrogens is 2. The van der Waals surface area contributed by atoms with E-state index in [1.807, 2.05) is 12.1 Å². The summed E-state index contributed by atoms with van der Waals surface area (Å²) in [7, 11) is 0. The van der Waals surface area contributed by atoms with Crippen LogP contribution in [-0.4, -0.2) is 15.5 Å². The average Bonchev–Trinajstić information content (AvgIpc) is 3.06. The van der Waals surface area contributed by atoms with Crippen molar-refractivity contribution in [3.8, 4) is 0 Å². The summed E-state index contributed by atoms with van der Waals surface area (Å²) in [5, 5.41) is 2.75. The minimum atomic E-state index is -4.69. The van der Waals surface area contributed by atoms with E-state index in [1.54, 1.807) is 18.3 Å². The van der Waals surface area contributed by atoms with Crippen molar-refractivity contribution in [2.24, 2.45) is 0 Å². The van der Waals surface area contributed by atoms with Gasteiger partial charge >= 0.3 is 6.18 Å². The lowest BCUT2D eigenvalue weighted by Gasteiger charge is -2.11. The highest BCUT2D eigenvalue weighted by Crippen LogP contribution is 2.29. The number of alkyl halides is 3. The topological polar surface area (TPSA) is 64.0 Å². The fourth-order valence-corrected chi connectivity index (χ4v) is 3.65. The second kappa shape index (κ2) is 8.56. The van der Waals surface area contributed by atoms with Gasteiger partial charge in [0.05, 0.1) is 5.56 Å². The van der Waals surface area contributed by atoms with Gasteiger partial charge in [-0.2, -0.15) is 13.2 Å². The van der Waals surface area contributed by atoms with Gasteiger partial charge < -0.3 is 9.88 Å². The maximum atomic E-state index is 12.9. The van der Waals surface area contributed by atoms with Crippen LogP contribution >= 0.6 is 34.5 Å². The molecule has 0 aliphatic rings. The second-order valence-corrected chi connectivity index (χ2v) is 7.95. The van der Waals surface area contributed by atoms with Gasteiger partial charge in [-0.25, -0.2) is 4.98 Å². The maximum absolute atomic E-state index is 12.9. The van der Waals surface area contributed by atoms with Crippen molar-refractivity contribution >= 4 is 45.6 Å². The van der Waals surface area contributed by atoms with Crippen molar-refractivity contribution in [3.05, 3.63) is 79.1 Å². The molecule has 3 aromatic rings. The third kappa shape index (κ3) is 5.59. The zero-order chi connectivity index (χ0) is 21.2. The van der Waals surface area contributed by atoms with E-state index >= 15 is 0 Å². The standard InChI is InChI=1S/C18H12Cl2F3N3O2S/c19-12-3-1-10(2-4-12)5-13-7-24-17(29-13)25-15(27)9-26-8-11(18(21,22)23)6-14(20)16(26)28/h1-4,6-8H,5,9H2,(H,24,25,27). The molecule has 0 aliphatic heterocycles. The molecule has 1 amide bonds. The van der Waals surface area contributed by atoms with Gasteiger partial charge in [0.1, 0.15) is 11.6 Å². The van der Waals surface area contributed by atoms with E-state index in [9.17, 15) is 22.8 Å². The number of pyridine rings is 1. The Labute approximate surface area is 176 Å². The number of benzene rings is 1. The molecule has 152 valence electrons. The summed E-state index contributed by atoms with van der Waals surface area (Å²) >= 11 is 12.6. The molecule has 2 heterocycles. The number of halogens is 5. The first-order chi connectivity index (χ1) is 13.6. The Bertz CT molecular complexity index is 1090. The fourth-order valence-electron chi connectivity index (χ4n) is 2.44. The Morgan fingerprint density at radius 1 is 1.21 bits per heavy atom. The number of nitrogens with zero attached hydrogens (tertiary/aromatic N) is 2. The van der Waals surface area contributed by atoms with Gasteiger partial charge in [-0.3, -0.25) is 9.59 Å². The monoisotopic (exact) mass is 461 g/mol. The lowest BCUT2D eigenvalue weighted by Crippen LogP contribution is -2.29. The fraction of sp³-hybridized carbons (Fsp3) is 0.167. The Balaban J connectivity index is 1.69. The zero-order valence-electron chi connectivity index (χ0n) is 14.5. The number of hydrogen-bond donors (Lipinski definition) is 1. The van der Waals surface area contributed by atoms with Crippen molar-refractivity contribution in [3.63, 3.8) is 0 Å². The summed E-state index contributed by atoms with van der Waals surface area (Å²) in [6.07, 6.45) is -1.97. The number of carbonyl (C=O) groups is 1. The number of hydrogen-bond acceptors (Lipinski definition) is 4. The summed E-state index contributed by atoms with van der Waals surface area (Å²) in [5.74, 6) is -0.699. The van der Waals surface area contributed by atoms with Gasteiger partial charge in [0.2, 0.25) is 5.91 Å². The first-order valence-electron chi connectivity index (χ1n) is 8.08. The van der Waals surface area contributed by atoms with Gasteiger partial charge in [-0.15, -0.1) is 11.3 Å². The molecule has 29 heavy (non-hydrogen) atoms. The second-order valence-electron chi connectivity index (χ2n) is 5.99. The number of carbonyl (C=O) groups excluding carboxylic acids is 1. The Hall–Kier alpha value is -2.36. The minimum Gasteiger partial charge on any atom is -0.304 e. The SMILES string of the molecule is O=C(Cn1cc(C(F)(F)F)cc(Cl)c1=O)Nc1ncc(Cc2ccc(Cl)cc2)s1. The minimum absolute atomic E-state index is 0.269. The third-order valence-corrected chi connectivity index (χ3v) is 5.21. The van der Waals surface area contributed by atoms with E-state index in [1.165, 1.54) is 11.3 Å². The number of nitrogens with one attached hydrogen (secondary N) is 1. The molecule has 1 aromatic carbocycles. The summed E-state index contributed by atoms with van der Waals surface area (Å²) in [6, 6.07) is 7.79. The molecule has 0 spiro atoms. The third-order valence-electron chi connectivity index (χ3n) is 3.78. The van der Waals surface area contributed by atoms with Crippen molar-refractivity contribution in [1.29, 1.82) is 0 Å². The molecule has 0 saturated heterocycles. The van der Waals surface area contributed by atoms with E-state index in [2.05, 4.69) is 10.3 Å². The number of anilines is 1. The van der Waals surface area contributed by atoms with Crippen LogP contribution in [0.15, 0.2) is 47.5 Å². The van der Waals surface area contributed by atoms with Crippen LogP contribution in [-0.2, 0) is 23.9 Å². The van der Waals surface area contributed by atoms with Gasteiger partial charge in [-0.1, -0.05) is 35.3 Å². The van der Waals surface area contributed by atoms with Crippen molar-refractivity contribution < 1.29 is 18.0 Å². The Morgan fingerprint density at radius 3 is 2.55 bits per heavy atom. The van der Waals surface area contributed by atoms with Crippen molar-refractivity contribution in [2.75, 3.05) is 5.32 Å². The van der Waals surface area contributed by atoms with Gasteiger partial charge in [0.15, 0.2) is 5.13 Å². The van der Waals surface area contributed by atoms with Crippen LogP contribution in [0.3, 0.4) is 0 Å². The number of thiazole rings is 1. The summed E-state index contributed by atoms with van der Waals surface area (Å²) in [4.78, 5) is 29.0. The smallest absolute Gasteiger partial charge is 0.304 e. The molecule has 0 saturated carbocycles. The predicted molar refractivity (Wildman–Crippen MR) is 106 cm³/mol. The Morgan fingerprint density at radius 2 is 1.90 bits per heavy atom. The van der Waals surface area contributed by atoms with E-state index in [0.29, 0.717) is 28.3 Å². The maximum Gasteiger partial charge on any atom is 0.417 e. The highest BCUT2D eigenvalue weighted by Gasteiger charge is 2.32. The van der Waals surface area contributed by atoms with Gasteiger partial charge in [0, 0.05) is 28.7 Å². The number of amides is 1. The van der Waals surface area contributed by atoms with Crippen LogP contribution in [0.2, 0.25) is 10.0 Å². The molecule has 0 radical (unpaired) electrons. The van der Waals surface area contributed by atoms with Crippen LogP contribution in [0.1, 0.15) is 16.0 Å². The summed E-state index contributed by atoms with van der Waals surface area (Å²) in [5.41, 5.74) is -1.01. The molecule has 0 unspecified atom stereocenters. The lowest BCUT2D eigenvalue weighted by atomic mass is 10.1. The molecular formula is C18H12Cl2F3N3O2S. The molecule has 11 heteroatoms. The van der Waals surface area contributed by atoms with Crippen LogP contribution in [0.4, 0.5) is 18.3 Å². The van der Waals surface area contributed by atoms with Crippen LogP contribution in [0.5, 0.6) is 0 Å². The van der Waals surface area contributed by atoms with Crippen molar-refractivity contribution in [2.45, 2.75) is 19.1 Å². The molecule has 0 aliphatic carbocycles. The van der Waals surface area contributed by atoms with Gasteiger partial charge in [0.25, 0.3) is 5.56 Å². The van der Waals surface area contributed by atoms with Crippen LogP contribution < -0.4 is 10.9 Å². The van der Waals surface area contributed by atoms with Crippen molar-refractivity contribution in [1.82, 2.24) is 9.55 Å². The van der Waals surface area contributed by atoms with E-state index < -0.39 is 34.8 Å². The first-order valence-corrected chi connectivity index (χ1v) is 9.65. The molecule has 0 bridgehead atoms. The zero-order valence-corrected chi connectivity index (χ0v) is 16.8. The predicted octanol–water partition coefficient (Wildman–Crippen LogP) is 4.86. The van der Waals surface area contributed by atoms with E-state index in [0.717, 1.165) is 10.4 Å². The molecule has 3 rings (SSSR count). The molecule has 0 atom stereocenters. The molecule has 5 nitrogen and oxygen atoms in total. The van der Waals surface area contributed by atoms with Gasteiger partial charge in [-0.05, 0) is 23.8 Å². The number of rotatable bonds is 5. The van der Waals surface area contributed by atoms with Crippen LogP contribution in [0, 0.1) is 0 Å². The molecule has 2 aromatic heterocycles. The van der Waals surface area contributed by atoms with E-state index in [-0.39, 0.29) is 5.13 Å². The summed E-state index contributed by atoms with van der Waals surface area (Å²) in [6.45, 7) is -0.630.